The van der Waals surface area contributed by atoms with E-state index in [0.29, 0.717) is 45.4 Å². The molecule has 2 fully saturated rings. The monoisotopic (exact) mass is 527 g/mol. The number of aromatic nitrogens is 1. The molecule has 1 aromatic rings. The van der Waals surface area contributed by atoms with Gasteiger partial charge in [0, 0.05) is 57.5 Å². The molecule has 200 valence electrons. The van der Waals surface area contributed by atoms with E-state index in [1.807, 2.05) is 4.90 Å². The van der Waals surface area contributed by atoms with Crippen LogP contribution in [0.25, 0.3) is 0 Å². The summed E-state index contributed by atoms with van der Waals surface area (Å²) < 4.78 is 51.2. The number of urea groups is 1. The van der Waals surface area contributed by atoms with Crippen molar-refractivity contribution in [2.24, 2.45) is 0 Å². The normalized spacial score (nSPS) is 18.5. The van der Waals surface area contributed by atoms with Crippen LogP contribution in [-0.2, 0) is 14.8 Å². The van der Waals surface area contributed by atoms with E-state index in [2.05, 4.69) is 10.3 Å². The van der Waals surface area contributed by atoms with Gasteiger partial charge in [-0.2, -0.15) is 4.31 Å². The maximum absolute atomic E-state index is 13.2. The molecule has 3 amide bonds. The summed E-state index contributed by atoms with van der Waals surface area (Å²) in [6, 6.07) is 2.81. The number of carbonyl (C=O) groups is 2. The van der Waals surface area contributed by atoms with Gasteiger partial charge < -0.3 is 24.6 Å². The van der Waals surface area contributed by atoms with Crippen LogP contribution in [0.15, 0.2) is 35.1 Å². The van der Waals surface area contributed by atoms with Gasteiger partial charge in [0.1, 0.15) is 17.1 Å². The number of hydrogen-bond acceptors (Lipinski definition) is 7. The van der Waals surface area contributed by atoms with Crippen molar-refractivity contribution < 1.29 is 31.9 Å². The van der Waals surface area contributed by atoms with Gasteiger partial charge in [0.05, 0.1) is 12.5 Å². The number of nitrogens with zero attached hydrogens (tertiary/aromatic N) is 4. The number of carbonyl (C=O) groups excluding carboxylic acids is 2. The van der Waals surface area contributed by atoms with Crippen molar-refractivity contribution in [2.75, 3.05) is 46.4 Å². The molecule has 1 aromatic heterocycles. The third-order valence-electron chi connectivity index (χ3n) is 5.88. The highest BCUT2D eigenvalue weighted by molar-refractivity contribution is 7.89. The zero-order valence-corrected chi connectivity index (χ0v) is 21.9. The average molecular weight is 528 g/mol. The van der Waals surface area contributed by atoms with Gasteiger partial charge in [-0.1, -0.05) is 0 Å². The van der Waals surface area contributed by atoms with Crippen LogP contribution < -0.4 is 10.1 Å². The fraction of sp³-hybridized carbons (Fsp3) is 0.609. The minimum absolute atomic E-state index is 0.0116. The van der Waals surface area contributed by atoms with Crippen molar-refractivity contribution in [3.8, 4) is 5.88 Å². The van der Waals surface area contributed by atoms with Crippen LogP contribution in [0, 0.1) is 0 Å². The molecule has 0 atom stereocenters. The second-order valence-corrected chi connectivity index (χ2v) is 11.7. The number of pyridine rings is 1. The van der Waals surface area contributed by atoms with Crippen LogP contribution in [0.5, 0.6) is 5.88 Å². The summed E-state index contributed by atoms with van der Waals surface area (Å²) in [5.74, 6) is 0.112. The molecule has 0 radical (unpaired) electrons. The lowest BCUT2D eigenvalue weighted by Crippen LogP contribution is -2.47. The van der Waals surface area contributed by atoms with Crippen LogP contribution >= 0.6 is 0 Å². The standard InChI is InChI=1S/C23H34FN5O6S/c1-23(2,3)35-21(30)26-14-17(13-24)16-34-20-6-5-19(15-25-20)36(32,33)28-9-7-18(8-10-28)29-12-11-27(4)22(29)31/h5-6,13,15,18H,7-12,14,16H2,1-4H3,(H,26,30). The number of hydrogen-bond donors (Lipinski definition) is 1. The van der Waals surface area contributed by atoms with Crippen molar-refractivity contribution in [3.63, 3.8) is 0 Å². The summed E-state index contributed by atoms with van der Waals surface area (Å²) in [4.78, 5) is 31.5. The third kappa shape index (κ3) is 7.06. The van der Waals surface area contributed by atoms with E-state index in [9.17, 15) is 22.4 Å². The first kappa shape index (κ1) is 27.7. The van der Waals surface area contributed by atoms with Crippen LogP contribution in [0.2, 0.25) is 0 Å². The lowest BCUT2D eigenvalue weighted by molar-refractivity contribution is 0.0531. The summed E-state index contributed by atoms with van der Waals surface area (Å²) >= 11 is 0. The summed E-state index contributed by atoms with van der Waals surface area (Å²) in [5.41, 5.74) is -0.531. The van der Waals surface area contributed by atoms with Gasteiger partial charge >= 0.3 is 12.1 Å². The van der Waals surface area contributed by atoms with Gasteiger partial charge in [0.15, 0.2) is 0 Å². The first-order valence-corrected chi connectivity index (χ1v) is 13.2. The van der Waals surface area contributed by atoms with Crippen LogP contribution in [0.1, 0.15) is 33.6 Å². The molecule has 0 saturated carbocycles. The summed E-state index contributed by atoms with van der Waals surface area (Å²) in [6.45, 7) is 6.81. The van der Waals surface area contributed by atoms with E-state index in [1.165, 1.54) is 22.6 Å². The number of sulfonamides is 1. The number of alkyl carbamates (subject to hydrolysis) is 1. The van der Waals surface area contributed by atoms with Gasteiger partial charge in [-0.3, -0.25) is 0 Å². The Balaban J connectivity index is 1.50. The molecule has 0 spiro atoms. The SMILES string of the molecule is CN1CCN(C2CCN(S(=O)(=O)c3ccc(OCC(=CF)CNC(=O)OC(C)(C)C)nc3)CC2)C1=O. The Bertz CT molecular complexity index is 1070. The maximum atomic E-state index is 13.2. The molecule has 11 nitrogen and oxygen atoms in total. The second kappa shape index (κ2) is 11.4. The fourth-order valence-electron chi connectivity index (χ4n) is 3.94. The van der Waals surface area contributed by atoms with Crippen molar-refractivity contribution in [1.82, 2.24) is 24.4 Å². The second-order valence-electron chi connectivity index (χ2n) is 9.78. The van der Waals surface area contributed by atoms with Crippen molar-refractivity contribution in [2.45, 2.75) is 50.2 Å². The quantitative estimate of drug-likeness (QED) is 0.551. The number of halogens is 1. The Hall–Kier alpha value is -2.93. The molecule has 3 heterocycles. The zero-order chi connectivity index (χ0) is 26.5. The predicted octanol–water partition coefficient (Wildman–Crippen LogP) is 2.36. The lowest BCUT2D eigenvalue weighted by atomic mass is 10.1. The first-order chi connectivity index (χ1) is 16.9. The molecule has 2 saturated heterocycles. The Morgan fingerprint density at radius 3 is 2.44 bits per heavy atom. The van der Waals surface area contributed by atoms with Gasteiger partial charge in [-0.05, 0) is 39.7 Å². The largest absolute Gasteiger partial charge is 0.473 e. The molecule has 0 aliphatic carbocycles. The van der Waals surface area contributed by atoms with Crippen LogP contribution in [0.4, 0.5) is 14.0 Å². The van der Waals surface area contributed by atoms with E-state index in [4.69, 9.17) is 9.47 Å². The van der Waals surface area contributed by atoms with Gasteiger partial charge in [-0.25, -0.2) is 27.4 Å². The number of nitrogens with one attached hydrogen (secondary N) is 1. The van der Waals surface area contributed by atoms with Crippen molar-refractivity contribution >= 4 is 22.1 Å². The Morgan fingerprint density at radius 2 is 1.92 bits per heavy atom. The van der Waals surface area contributed by atoms with E-state index in [1.54, 1.807) is 32.7 Å². The minimum Gasteiger partial charge on any atom is -0.473 e. The molecular weight excluding hydrogens is 493 g/mol. The summed E-state index contributed by atoms with van der Waals surface area (Å²) in [6.07, 6.45) is 1.99. The first-order valence-electron chi connectivity index (χ1n) is 11.8. The number of ether oxygens (including phenoxy) is 2. The summed E-state index contributed by atoms with van der Waals surface area (Å²) in [5, 5.41) is 2.44. The smallest absolute Gasteiger partial charge is 0.407 e. The number of piperidine rings is 1. The minimum atomic E-state index is -3.75. The average Bonchev–Trinajstić information content (AvgIpc) is 3.16. The third-order valence-corrected chi connectivity index (χ3v) is 7.76. The zero-order valence-electron chi connectivity index (χ0n) is 21.1. The van der Waals surface area contributed by atoms with E-state index < -0.39 is 21.7 Å². The topological polar surface area (TPSA) is 121 Å². The molecule has 2 aliphatic rings. The molecule has 3 rings (SSSR count). The molecular formula is C23H34FN5O6S. The van der Waals surface area contributed by atoms with E-state index >= 15 is 0 Å². The van der Waals surface area contributed by atoms with E-state index in [0.717, 1.165) is 0 Å². The van der Waals surface area contributed by atoms with Crippen LogP contribution in [0.3, 0.4) is 0 Å². The van der Waals surface area contributed by atoms with Gasteiger partial charge in [0.2, 0.25) is 15.9 Å². The highest BCUT2D eigenvalue weighted by Crippen LogP contribution is 2.25. The maximum Gasteiger partial charge on any atom is 0.407 e. The molecule has 13 heteroatoms. The Morgan fingerprint density at radius 1 is 1.22 bits per heavy atom. The number of amides is 3. The highest BCUT2D eigenvalue weighted by atomic mass is 32.2. The van der Waals surface area contributed by atoms with Crippen molar-refractivity contribution in [1.29, 1.82) is 0 Å². The van der Waals surface area contributed by atoms with Gasteiger partial charge in [-0.15, -0.1) is 0 Å². The molecule has 1 N–H and O–H groups in total. The molecule has 36 heavy (non-hydrogen) atoms. The number of rotatable bonds is 8. The number of likely N-dealkylation sites (N-methyl/N-ethyl adjacent to an activating group) is 1. The summed E-state index contributed by atoms with van der Waals surface area (Å²) in [7, 11) is -1.99. The van der Waals surface area contributed by atoms with Gasteiger partial charge in [0.25, 0.3) is 0 Å². The lowest BCUT2D eigenvalue weighted by Gasteiger charge is -2.35. The molecule has 0 bridgehead atoms. The highest BCUT2D eigenvalue weighted by Gasteiger charge is 2.36. The Kier molecular flexibility index (Phi) is 8.77. The molecule has 0 unspecified atom stereocenters. The van der Waals surface area contributed by atoms with Crippen LogP contribution in [-0.4, -0.2) is 97.7 Å². The predicted molar refractivity (Wildman–Crippen MR) is 130 cm³/mol. The molecule has 0 aromatic carbocycles. The van der Waals surface area contributed by atoms with Crippen molar-refractivity contribution in [3.05, 3.63) is 30.2 Å². The van der Waals surface area contributed by atoms with E-state index in [-0.39, 0.29) is 41.6 Å². The fourth-order valence-corrected chi connectivity index (χ4v) is 5.36. The molecule has 2 aliphatic heterocycles. The Labute approximate surface area is 211 Å².